The van der Waals surface area contributed by atoms with Gasteiger partial charge >= 0.3 is 0 Å². The van der Waals surface area contributed by atoms with Gasteiger partial charge in [0.2, 0.25) is 0 Å². The van der Waals surface area contributed by atoms with Crippen LogP contribution in [-0.4, -0.2) is 41.4 Å². The molecule has 1 saturated heterocycles. The summed E-state index contributed by atoms with van der Waals surface area (Å²) in [4.78, 5) is 17.2. The largest absolute Gasteiger partial charge is 0.333 e. The number of fused-ring (bicyclic) bond motifs is 2. The quantitative estimate of drug-likeness (QED) is 0.866. The number of benzene rings is 2. The monoisotopic (exact) mass is 324 g/mol. The number of piperazine rings is 1. The molecule has 4 rings (SSSR count). The molecule has 0 spiro atoms. The van der Waals surface area contributed by atoms with E-state index in [9.17, 15) is 9.18 Å². The Morgan fingerprint density at radius 1 is 1.04 bits per heavy atom. The van der Waals surface area contributed by atoms with E-state index in [1.54, 1.807) is 6.07 Å². The Morgan fingerprint density at radius 3 is 2.67 bits per heavy atom. The molecular formula is C20H21FN2O. The first-order chi connectivity index (χ1) is 11.8. The summed E-state index contributed by atoms with van der Waals surface area (Å²) in [5.74, 6) is 0.00820. The molecule has 0 saturated carbocycles. The highest BCUT2D eigenvalue weighted by Gasteiger charge is 2.37. The molecule has 0 aromatic heterocycles. The van der Waals surface area contributed by atoms with E-state index in [0.717, 1.165) is 38.2 Å². The summed E-state index contributed by atoms with van der Waals surface area (Å²) < 4.78 is 13.2. The number of hydrogen-bond acceptors (Lipinski definition) is 2. The molecule has 1 amide bonds. The molecule has 0 radical (unpaired) electrons. The van der Waals surface area contributed by atoms with Crippen LogP contribution in [0, 0.1) is 0 Å². The summed E-state index contributed by atoms with van der Waals surface area (Å²) >= 11 is 0. The van der Waals surface area contributed by atoms with Gasteiger partial charge in [-0.2, -0.15) is 0 Å². The molecule has 1 fully saturated rings. The molecule has 0 aliphatic carbocycles. The topological polar surface area (TPSA) is 23.6 Å². The van der Waals surface area contributed by atoms with Gasteiger partial charge in [0.1, 0.15) is 6.67 Å². The van der Waals surface area contributed by atoms with Crippen LogP contribution in [0.5, 0.6) is 0 Å². The van der Waals surface area contributed by atoms with Crippen molar-refractivity contribution in [1.82, 2.24) is 9.80 Å². The lowest BCUT2D eigenvalue weighted by atomic mass is 9.89. The second-order valence-corrected chi connectivity index (χ2v) is 6.66. The fourth-order valence-corrected chi connectivity index (χ4v) is 3.95. The van der Waals surface area contributed by atoms with Crippen molar-refractivity contribution >= 4 is 5.91 Å². The van der Waals surface area contributed by atoms with Crippen LogP contribution in [0.1, 0.15) is 27.0 Å². The van der Waals surface area contributed by atoms with Crippen molar-refractivity contribution in [2.75, 3.05) is 19.6 Å². The minimum atomic E-state index is -0.576. The van der Waals surface area contributed by atoms with Gasteiger partial charge < -0.3 is 4.90 Å². The zero-order chi connectivity index (χ0) is 16.5. The van der Waals surface area contributed by atoms with E-state index >= 15 is 0 Å². The maximum Gasteiger partial charge on any atom is 0.254 e. The number of carbonyl (C=O) groups is 1. The number of alkyl halides is 1. The van der Waals surface area contributed by atoms with E-state index < -0.39 is 6.67 Å². The number of amides is 1. The number of halogens is 1. The first-order valence-corrected chi connectivity index (χ1v) is 8.50. The van der Waals surface area contributed by atoms with E-state index in [1.165, 1.54) is 5.56 Å². The average molecular weight is 324 g/mol. The van der Waals surface area contributed by atoms with Gasteiger partial charge in [0, 0.05) is 37.8 Å². The van der Waals surface area contributed by atoms with Crippen LogP contribution < -0.4 is 0 Å². The predicted molar refractivity (Wildman–Crippen MR) is 91.5 cm³/mol. The third-order valence-corrected chi connectivity index (χ3v) is 5.13. The fourth-order valence-electron chi connectivity index (χ4n) is 3.95. The van der Waals surface area contributed by atoms with E-state index in [0.29, 0.717) is 11.1 Å². The molecule has 2 heterocycles. The van der Waals surface area contributed by atoms with Crippen molar-refractivity contribution in [3.05, 3.63) is 70.8 Å². The Hall–Kier alpha value is -2.20. The molecule has 24 heavy (non-hydrogen) atoms. The Morgan fingerprint density at radius 2 is 1.88 bits per heavy atom. The molecule has 2 aromatic carbocycles. The Kier molecular flexibility index (Phi) is 4.07. The zero-order valence-corrected chi connectivity index (χ0v) is 13.6. The maximum absolute atomic E-state index is 13.2. The lowest BCUT2D eigenvalue weighted by Gasteiger charge is -2.44. The highest BCUT2D eigenvalue weighted by molar-refractivity contribution is 5.98. The van der Waals surface area contributed by atoms with Gasteiger partial charge in [-0.3, -0.25) is 9.69 Å². The molecule has 0 N–H and O–H groups in total. The van der Waals surface area contributed by atoms with Gasteiger partial charge in [0.05, 0.1) is 0 Å². The van der Waals surface area contributed by atoms with Gasteiger partial charge in [-0.1, -0.05) is 48.5 Å². The summed E-state index contributed by atoms with van der Waals surface area (Å²) in [5.41, 5.74) is 3.43. The Bertz CT molecular complexity index is 747. The summed E-state index contributed by atoms with van der Waals surface area (Å²) in [5, 5.41) is 0. The molecule has 4 heteroatoms. The smallest absolute Gasteiger partial charge is 0.254 e. The molecule has 0 unspecified atom stereocenters. The normalized spacial score (nSPS) is 20.6. The Balaban J connectivity index is 1.54. The number of carbonyl (C=O) groups excluding carboxylic acids is 1. The number of nitrogens with zero attached hydrogens (tertiary/aromatic N) is 2. The van der Waals surface area contributed by atoms with E-state index in [4.69, 9.17) is 0 Å². The SMILES string of the molecule is O=C1c2c(CF)cccc2C[C@@H]2CN(Cc3ccccc3)CCN12. The first-order valence-electron chi connectivity index (χ1n) is 8.50. The summed E-state index contributed by atoms with van der Waals surface area (Å²) in [7, 11) is 0. The zero-order valence-electron chi connectivity index (χ0n) is 13.6. The average Bonchev–Trinajstić information content (AvgIpc) is 2.62. The maximum atomic E-state index is 13.2. The summed E-state index contributed by atoms with van der Waals surface area (Å²) in [6.07, 6.45) is 0.820. The molecular weight excluding hydrogens is 303 g/mol. The third-order valence-electron chi connectivity index (χ3n) is 5.13. The number of rotatable bonds is 3. The molecule has 3 nitrogen and oxygen atoms in total. The summed E-state index contributed by atoms with van der Waals surface area (Å²) in [6.45, 7) is 2.80. The lowest BCUT2D eigenvalue weighted by molar-refractivity contribution is 0.0399. The summed E-state index contributed by atoms with van der Waals surface area (Å²) in [6, 6.07) is 16.2. The highest BCUT2D eigenvalue weighted by atomic mass is 19.1. The van der Waals surface area contributed by atoms with Crippen LogP contribution >= 0.6 is 0 Å². The molecule has 0 bridgehead atoms. The second-order valence-electron chi connectivity index (χ2n) is 6.66. The number of hydrogen-bond donors (Lipinski definition) is 0. The van der Waals surface area contributed by atoms with E-state index in [-0.39, 0.29) is 11.9 Å². The van der Waals surface area contributed by atoms with Crippen LogP contribution in [0.25, 0.3) is 0 Å². The highest BCUT2D eigenvalue weighted by Crippen LogP contribution is 2.29. The molecule has 1 atom stereocenters. The standard InChI is InChI=1S/C20H21FN2O/c21-12-17-8-4-7-16-11-18-14-22(13-15-5-2-1-3-6-15)9-10-23(18)20(24)19(16)17/h1-8,18H,9-14H2/t18-/m1/s1. The van der Waals surface area contributed by atoms with Gasteiger partial charge in [-0.15, -0.1) is 0 Å². The minimum Gasteiger partial charge on any atom is -0.333 e. The van der Waals surface area contributed by atoms with Crippen molar-refractivity contribution in [2.45, 2.75) is 25.7 Å². The molecule has 2 aliphatic rings. The second kappa shape index (κ2) is 6.36. The van der Waals surface area contributed by atoms with E-state index in [1.807, 2.05) is 23.1 Å². The van der Waals surface area contributed by atoms with Crippen molar-refractivity contribution < 1.29 is 9.18 Å². The van der Waals surface area contributed by atoms with Gasteiger partial charge in [-0.05, 0) is 23.1 Å². The molecule has 2 aliphatic heterocycles. The third kappa shape index (κ3) is 2.71. The first kappa shape index (κ1) is 15.3. The van der Waals surface area contributed by atoms with Crippen molar-refractivity contribution in [3.8, 4) is 0 Å². The van der Waals surface area contributed by atoms with Gasteiger partial charge in [0.25, 0.3) is 5.91 Å². The van der Waals surface area contributed by atoms with E-state index in [2.05, 4.69) is 29.2 Å². The van der Waals surface area contributed by atoms with Crippen molar-refractivity contribution in [1.29, 1.82) is 0 Å². The van der Waals surface area contributed by atoms with Gasteiger partial charge in [-0.25, -0.2) is 4.39 Å². The molecule has 124 valence electrons. The lowest BCUT2D eigenvalue weighted by Crippen LogP contribution is -2.57. The minimum absolute atomic E-state index is 0.00820. The molecule has 2 aromatic rings. The van der Waals surface area contributed by atoms with Crippen LogP contribution in [0.15, 0.2) is 48.5 Å². The van der Waals surface area contributed by atoms with Crippen LogP contribution in [0.4, 0.5) is 4.39 Å². The Labute approximate surface area is 141 Å². The van der Waals surface area contributed by atoms with Crippen LogP contribution in [-0.2, 0) is 19.6 Å². The van der Waals surface area contributed by atoms with Gasteiger partial charge in [0.15, 0.2) is 0 Å². The van der Waals surface area contributed by atoms with Crippen LogP contribution in [0.3, 0.4) is 0 Å². The predicted octanol–water partition coefficient (Wildman–Crippen LogP) is 3.04. The van der Waals surface area contributed by atoms with Crippen LogP contribution in [0.2, 0.25) is 0 Å². The fraction of sp³-hybridized carbons (Fsp3) is 0.350. The van der Waals surface area contributed by atoms with Crippen molar-refractivity contribution in [2.24, 2.45) is 0 Å². The van der Waals surface area contributed by atoms with Crippen molar-refractivity contribution in [3.63, 3.8) is 0 Å².